The molecule has 1 saturated heterocycles. The van der Waals surface area contributed by atoms with Crippen LogP contribution < -0.4 is 4.74 Å². The van der Waals surface area contributed by atoms with Gasteiger partial charge in [-0.3, -0.25) is 14.5 Å². The second-order valence-electron chi connectivity index (χ2n) is 7.53. The van der Waals surface area contributed by atoms with Gasteiger partial charge >= 0.3 is 5.97 Å². The first-order valence-electron chi connectivity index (χ1n) is 10.8. The number of carbonyl (C=O) groups excluding carboxylic acids is 3. The SMILES string of the molecule is CCOC(=O)c1ccc(CN2C(=O)S/C(=C\c3ccc(OCc4ccccc4)cc3)C2=O)cc1. The Kier molecular flexibility index (Phi) is 7.44. The van der Waals surface area contributed by atoms with Gasteiger partial charge in [0.2, 0.25) is 0 Å². The van der Waals surface area contributed by atoms with Crippen LogP contribution in [0.4, 0.5) is 4.79 Å². The highest BCUT2D eigenvalue weighted by atomic mass is 32.2. The van der Waals surface area contributed by atoms with E-state index in [4.69, 9.17) is 9.47 Å². The molecule has 1 aliphatic heterocycles. The van der Waals surface area contributed by atoms with Gasteiger partial charge in [0.15, 0.2) is 0 Å². The lowest BCUT2D eigenvalue weighted by molar-refractivity contribution is -0.123. The van der Waals surface area contributed by atoms with E-state index in [2.05, 4.69) is 0 Å². The standard InChI is InChI=1S/C27H23NO5S/c1-2-32-26(30)22-12-8-20(9-13-22)17-28-25(29)24(34-27(28)31)16-19-10-14-23(15-11-19)33-18-21-6-4-3-5-7-21/h3-16H,2,17-18H2,1H3/b24-16-. The quantitative estimate of drug-likeness (QED) is 0.310. The predicted octanol–water partition coefficient (Wildman–Crippen LogP) is 5.68. The molecule has 0 N–H and O–H groups in total. The lowest BCUT2D eigenvalue weighted by Gasteiger charge is -2.12. The van der Waals surface area contributed by atoms with Crippen molar-refractivity contribution in [3.05, 3.63) is 106 Å². The fourth-order valence-corrected chi connectivity index (χ4v) is 4.17. The van der Waals surface area contributed by atoms with E-state index in [1.165, 1.54) is 4.90 Å². The fraction of sp³-hybridized carbons (Fsp3) is 0.148. The highest BCUT2D eigenvalue weighted by molar-refractivity contribution is 8.18. The monoisotopic (exact) mass is 473 g/mol. The third-order valence-corrected chi connectivity index (χ3v) is 6.01. The first-order chi connectivity index (χ1) is 16.5. The fourth-order valence-electron chi connectivity index (χ4n) is 3.33. The van der Waals surface area contributed by atoms with Crippen molar-refractivity contribution in [1.82, 2.24) is 4.90 Å². The molecule has 0 atom stereocenters. The summed E-state index contributed by atoms with van der Waals surface area (Å²) < 4.78 is 10.8. The number of benzene rings is 3. The molecule has 0 saturated carbocycles. The molecule has 3 aromatic carbocycles. The third kappa shape index (κ3) is 5.74. The van der Waals surface area contributed by atoms with E-state index in [-0.39, 0.29) is 17.7 Å². The van der Waals surface area contributed by atoms with E-state index in [0.29, 0.717) is 23.7 Å². The van der Waals surface area contributed by atoms with Gasteiger partial charge in [0.1, 0.15) is 12.4 Å². The summed E-state index contributed by atoms with van der Waals surface area (Å²) in [6, 6.07) is 24.0. The average molecular weight is 474 g/mol. The van der Waals surface area contributed by atoms with Gasteiger partial charge in [-0.1, -0.05) is 54.6 Å². The van der Waals surface area contributed by atoms with E-state index >= 15 is 0 Å². The summed E-state index contributed by atoms with van der Waals surface area (Å²) in [5.74, 6) is -0.0196. The molecule has 1 heterocycles. The zero-order valence-corrected chi connectivity index (χ0v) is 19.4. The molecule has 0 aliphatic carbocycles. The van der Waals surface area contributed by atoms with Gasteiger partial charge in [-0.2, -0.15) is 0 Å². The number of hydrogen-bond acceptors (Lipinski definition) is 6. The maximum atomic E-state index is 12.8. The molecule has 34 heavy (non-hydrogen) atoms. The lowest BCUT2D eigenvalue weighted by atomic mass is 10.1. The Bertz CT molecular complexity index is 1200. The van der Waals surface area contributed by atoms with Gasteiger partial charge in [0.05, 0.1) is 23.6 Å². The van der Waals surface area contributed by atoms with E-state index in [1.807, 2.05) is 54.6 Å². The summed E-state index contributed by atoms with van der Waals surface area (Å²) >= 11 is 0.915. The Morgan fingerprint density at radius 3 is 2.29 bits per heavy atom. The van der Waals surface area contributed by atoms with Gasteiger partial charge in [0.25, 0.3) is 11.1 Å². The van der Waals surface area contributed by atoms with Crippen molar-refractivity contribution in [3.8, 4) is 5.75 Å². The van der Waals surface area contributed by atoms with Gasteiger partial charge in [-0.15, -0.1) is 0 Å². The van der Waals surface area contributed by atoms with Crippen molar-refractivity contribution in [3.63, 3.8) is 0 Å². The Balaban J connectivity index is 1.38. The molecule has 4 rings (SSSR count). The molecule has 0 spiro atoms. The summed E-state index contributed by atoms with van der Waals surface area (Å²) in [7, 11) is 0. The molecular weight excluding hydrogens is 450 g/mol. The minimum atomic E-state index is -0.403. The number of imide groups is 1. The number of amides is 2. The van der Waals surface area contributed by atoms with Crippen LogP contribution in [0.25, 0.3) is 6.08 Å². The summed E-state index contributed by atoms with van der Waals surface area (Å²) in [4.78, 5) is 38.6. The number of thioether (sulfide) groups is 1. The third-order valence-electron chi connectivity index (χ3n) is 5.11. The van der Waals surface area contributed by atoms with Crippen molar-refractivity contribution in [2.45, 2.75) is 20.1 Å². The average Bonchev–Trinajstić information content (AvgIpc) is 3.12. The van der Waals surface area contributed by atoms with Crippen molar-refractivity contribution in [2.24, 2.45) is 0 Å². The van der Waals surface area contributed by atoms with Crippen molar-refractivity contribution in [1.29, 1.82) is 0 Å². The Morgan fingerprint density at radius 1 is 0.912 bits per heavy atom. The van der Waals surface area contributed by atoms with Gasteiger partial charge in [-0.05, 0) is 65.7 Å². The normalized spacial score (nSPS) is 14.5. The first-order valence-corrected chi connectivity index (χ1v) is 11.6. The Hall–Kier alpha value is -3.84. The van der Waals surface area contributed by atoms with Crippen LogP contribution in [0.1, 0.15) is 34.0 Å². The molecule has 3 aromatic rings. The molecule has 0 bridgehead atoms. The Morgan fingerprint density at radius 2 is 1.62 bits per heavy atom. The second-order valence-corrected chi connectivity index (χ2v) is 8.52. The molecule has 0 aromatic heterocycles. The molecule has 1 fully saturated rings. The first kappa shape index (κ1) is 23.3. The molecule has 172 valence electrons. The van der Waals surface area contributed by atoms with Gasteiger partial charge < -0.3 is 9.47 Å². The maximum absolute atomic E-state index is 12.8. The molecule has 7 heteroatoms. The van der Waals surface area contributed by atoms with Crippen molar-refractivity contribution < 1.29 is 23.9 Å². The van der Waals surface area contributed by atoms with E-state index < -0.39 is 5.97 Å². The highest BCUT2D eigenvalue weighted by Crippen LogP contribution is 2.33. The topological polar surface area (TPSA) is 72.9 Å². The second kappa shape index (κ2) is 10.9. The number of ether oxygens (including phenoxy) is 2. The number of rotatable bonds is 8. The van der Waals surface area contributed by atoms with Gasteiger partial charge in [-0.25, -0.2) is 4.79 Å². The van der Waals surface area contributed by atoms with E-state index in [1.54, 1.807) is 37.3 Å². The molecule has 6 nitrogen and oxygen atoms in total. The van der Waals surface area contributed by atoms with Crippen LogP contribution in [-0.2, 0) is 22.7 Å². The summed E-state index contributed by atoms with van der Waals surface area (Å²) in [6.45, 7) is 2.65. The summed E-state index contributed by atoms with van der Waals surface area (Å²) in [6.07, 6.45) is 1.70. The number of hydrogen-bond donors (Lipinski definition) is 0. The van der Waals surface area contributed by atoms with Crippen LogP contribution in [0.5, 0.6) is 5.75 Å². The van der Waals surface area contributed by atoms with Crippen LogP contribution in [-0.4, -0.2) is 28.6 Å². The summed E-state index contributed by atoms with van der Waals surface area (Å²) in [5.41, 5.74) is 3.06. The molecule has 1 aliphatic rings. The number of nitrogens with zero attached hydrogens (tertiary/aromatic N) is 1. The Labute approximate surface area is 202 Å². The largest absolute Gasteiger partial charge is 0.489 e. The zero-order chi connectivity index (χ0) is 23.9. The van der Waals surface area contributed by atoms with E-state index in [9.17, 15) is 14.4 Å². The summed E-state index contributed by atoms with van der Waals surface area (Å²) in [5, 5.41) is -0.325. The van der Waals surface area contributed by atoms with Crippen LogP contribution in [0.15, 0.2) is 83.8 Å². The minimum absolute atomic E-state index is 0.136. The number of esters is 1. The maximum Gasteiger partial charge on any atom is 0.338 e. The zero-order valence-electron chi connectivity index (χ0n) is 18.6. The molecular formula is C27H23NO5S. The smallest absolute Gasteiger partial charge is 0.338 e. The van der Waals surface area contributed by atoms with Crippen LogP contribution in [0.2, 0.25) is 0 Å². The van der Waals surface area contributed by atoms with Crippen molar-refractivity contribution >= 4 is 35.0 Å². The van der Waals surface area contributed by atoms with Crippen LogP contribution in [0, 0.1) is 0 Å². The van der Waals surface area contributed by atoms with E-state index in [0.717, 1.165) is 34.2 Å². The lowest BCUT2D eigenvalue weighted by Crippen LogP contribution is -2.27. The predicted molar refractivity (Wildman–Crippen MR) is 131 cm³/mol. The molecule has 0 radical (unpaired) electrons. The minimum Gasteiger partial charge on any atom is -0.489 e. The number of carbonyl (C=O) groups is 3. The highest BCUT2D eigenvalue weighted by Gasteiger charge is 2.35. The molecule has 0 unspecified atom stereocenters. The van der Waals surface area contributed by atoms with Crippen molar-refractivity contribution in [2.75, 3.05) is 6.61 Å². The molecule has 2 amide bonds. The van der Waals surface area contributed by atoms with Crippen LogP contribution >= 0.6 is 11.8 Å². The van der Waals surface area contributed by atoms with Gasteiger partial charge in [0, 0.05) is 0 Å². The van der Waals surface area contributed by atoms with Crippen LogP contribution in [0.3, 0.4) is 0 Å².